The molecule has 0 aliphatic heterocycles. The highest BCUT2D eigenvalue weighted by Crippen LogP contribution is 2.29. The SMILES string of the molecule is CC[C@@H](C)N(C(=O)c1cccc([N+](=O)[O-])c1)c1ccc(N(C(=O)c2cccc([N+](=O)[O-])c2)[C@@H](C)CC)cc1. The molecule has 0 radical (unpaired) electrons. The Morgan fingerprint density at radius 1 is 0.684 bits per heavy atom. The van der Waals surface area contributed by atoms with Gasteiger partial charge >= 0.3 is 0 Å². The number of nitro groups is 2. The molecule has 2 amide bonds. The summed E-state index contributed by atoms with van der Waals surface area (Å²) in [5.74, 6) is -0.746. The minimum atomic E-state index is -0.541. The molecule has 38 heavy (non-hydrogen) atoms. The fourth-order valence-corrected chi connectivity index (χ4v) is 4.07. The molecule has 3 rings (SSSR count). The van der Waals surface area contributed by atoms with E-state index in [9.17, 15) is 29.8 Å². The number of non-ortho nitro benzene ring substituents is 2. The number of nitrogens with zero attached hydrogens (tertiary/aromatic N) is 4. The van der Waals surface area contributed by atoms with Crippen LogP contribution >= 0.6 is 0 Å². The van der Waals surface area contributed by atoms with Gasteiger partial charge in [0.2, 0.25) is 0 Å². The summed E-state index contributed by atoms with van der Waals surface area (Å²) in [7, 11) is 0. The lowest BCUT2D eigenvalue weighted by atomic mass is 10.1. The highest BCUT2D eigenvalue weighted by atomic mass is 16.6. The Bertz CT molecular complexity index is 1240. The number of carbonyl (C=O) groups is 2. The Morgan fingerprint density at radius 3 is 1.32 bits per heavy atom. The Morgan fingerprint density at radius 2 is 1.03 bits per heavy atom. The molecule has 0 bridgehead atoms. The van der Waals surface area contributed by atoms with E-state index in [0.717, 1.165) is 0 Å². The van der Waals surface area contributed by atoms with Crippen LogP contribution in [-0.4, -0.2) is 33.7 Å². The molecule has 0 spiro atoms. The first-order chi connectivity index (χ1) is 18.1. The highest BCUT2D eigenvalue weighted by molar-refractivity contribution is 6.08. The maximum Gasteiger partial charge on any atom is 0.270 e. The fourth-order valence-electron chi connectivity index (χ4n) is 4.07. The Balaban J connectivity index is 1.99. The smallest absolute Gasteiger partial charge is 0.270 e. The van der Waals surface area contributed by atoms with E-state index in [1.165, 1.54) is 36.4 Å². The van der Waals surface area contributed by atoms with Gasteiger partial charge in [-0.1, -0.05) is 26.0 Å². The lowest BCUT2D eigenvalue weighted by molar-refractivity contribution is -0.385. The van der Waals surface area contributed by atoms with E-state index in [-0.39, 0.29) is 46.4 Å². The van der Waals surface area contributed by atoms with Crippen LogP contribution in [0.1, 0.15) is 61.3 Å². The third kappa shape index (κ3) is 6.03. The summed E-state index contributed by atoms with van der Waals surface area (Å²) in [6.45, 7) is 7.66. The maximum absolute atomic E-state index is 13.5. The number of hydrogen-bond donors (Lipinski definition) is 0. The van der Waals surface area contributed by atoms with Crippen molar-refractivity contribution in [3.8, 4) is 0 Å². The summed E-state index contributed by atoms with van der Waals surface area (Å²) in [6, 6.07) is 17.7. The van der Waals surface area contributed by atoms with E-state index >= 15 is 0 Å². The summed E-state index contributed by atoms with van der Waals surface area (Å²) in [6.07, 6.45) is 1.29. The van der Waals surface area contributed by atoms with Gasteiger partial charge in [0.15, 0.2) is 0 Å². The van der Waals surface area contributed by atoms with Crippen molar-refractivity contribution in [1.82, 2.24) is 0 Å². The lowest BCUT2D eigenvalue weighted by Gasteiger charge is -2.31. The lowest BCUT2D eigenvalue weighted by Crippen LogP contribution is -2.39. The van der Waals surface area contributed by atoms with E-state index in [1.807, 2.05) is 27.7 Å². The summed E-state index contributed by atoms with van der Waals surface area (Å²) in [5, 5.41) is 22.4. The zero-order valence-electron chi connectivity index (χ0n) is 21.7. The van der Waals surface area contributed by atoms with Gasteiger partial charge in [0.25, 0.3) is 23.2 Å². The number of anilines is 2. The van der Waals surface area contributed by atoms with Crippen molar-refractivity contribution in [1.29, 1.82) is 0 Å². The number of rotatable bonds is 10. The van der Waals surface area contributed by atoms with Crippen molar-refractivity contribution in [2.24, 2.45) is 0 Å². The predicted molar refractivity (Wildman–Crippen MR) is 146 cm³/mol. The molecule has 2 atom stereocenters. The minimum Gasteiger partial charge on any atom is -0.306 e. The van der Waals surface area contributed by atoms with E-state index < -0.39 is 9.85 Å². The zero-order valence-corrected chi connectivity index (χ0v) is 21.7. The van der Waals surface area contributed by atoms with E-state index in [0.29, 0.717) is 24.2 Å². The van der Waals surface area contributed by atoms with Crippen LogP contribution in [0.2, 0.25) is 0 Å². The molecular formula is C28H30N4O6. The van der Waals surface area contributed by atoms with Gasteiger partial charge in [-0.25, -0.2) is 0 Å². The average molecular weight is 519 g/mol. The molecule has 0 aliphatic carbocycles. The summed E-state index contributed by atoms with van der Waals surface area (Å²) in [4.78, 5) is 51.4. The molecule has 0 aliphatic rings. The van der Waals surface area contributed by atoms with Crippen LogP contribution in [0.25, 0.3) is 0 Å². The number of benzene rings is 3. The van der Waals surface area contributed by atoms with Crippen molar-refractivity contribution < 1.29 is 19.4 Å². The maximum atomic E-state index is 13.5. The highest BCUT2D eigenvalue weighted by Gasteiger charge is 2.26. The molecule has 0 heterocycles. The number of carbonyl (C=O) groups excluding carboxylic acids is 2. The minimum absolute atomic E-state index is 0.167. The third-order valence-electron chi connectivity index (χ3n) is 6.51. The van der Waals surface area contributed by atoms with Gasteiger partial charge in [-0.2, -0.15) is 0 Å². The van der Waals surface area contributed by atoms with Gasteiger partial charge in [0, 0.05) is 58.9 Å². The van der Waals surface area contributed by atoms with Crippen LogP contribution in [0, 0.1) is 20.2 Å². The average Bonchev–Trinajstić information content (AvgIpc) is 2.93. The van der Waals surface area contributed by atoms with E-state index in [1.54, 1.807) is 46.2 Å². The normalized spacial score (nSPS) is 12.3. The third-order valence-corrected chi connectivity index (χ3v) is 6.51. The van der Waals surface area contributed by atoms with E-state index in [4.69, 9.17) is 0 Å². The molecule has 10 heteroatoms. The zero-order chi connectivity index (χ0) is 28.0. The molecule has 10 nitrogen and oxygen atoms in total. The Kier molecular flexibility index (Phi) is 8.90. The van der Waals surface area contributed by atoms with Crippen molar-refractivity contribution in [2.45, 2.75) is 52.6 Å². The van der Waals surface area contributed by atoms with Crippen molar-refractivity contribution >= 4 is 34.6 Å². The van der Waals surface area contributed by atoms with Gasteiger partial charge in [-0.05, 0) is 63.1 Å². The Labute approximate surface area is 220 Å². The molecule has 3 aromatic rings. The molecule has 0 unspecified atom stereocenters. The Hall–Kier alpha value is -4.60. The first kappa shape index (κ1) is 28.0. The topological polar surface area (TPSA) is 127 Å². The molecule has 0 aromatic heterocycles. The van der Waals surface area contributed by atoms with Gasteiger partial charge in [-0.3, -0.25) is 29.8 Å². The van der Waals surface area contributed by atoms with Crippen LogP contribution in [0.5, 0.6) is 0 Å². The van der Waals surface area contributed by atoms with Crippen molar-refractivity contribution in [3.05, 3.63) is 104 Å². The second-order valence-electron chi connectivity index (χ2n) is 9.00. The van der Waals surface area contributed by atoms with Crippen LogP contribution in [0.4, 0.5) is 22.7 Å². The van der Waals surface area contributed by atoms with Crippen LogP contribution in [-0.2, 0) is 0 Å². The molecular weight excluding hydrogens is 488 g/mol. The quantitative estimate of drug-likeness (QED) is 0.226. The molecule has 198 valence electrons. The number of nitro benzene ring substituents is 2. The summed E-state index contributed by atoms with van der Waals surface area (Å²) in [5.41, 5.74) is 1.22. The number of hydrogen-bond acceptors (Lipinski definition) is 6. The van der Waals surface area contributed by atoms with Crippen molar-refractivity contribution in [3.63, 3.8) is 0 Å². The standard InChI is InChI=1S/C28H30N4O6/c1-5-19(3)29(27(33)21-9-7-11-25(17-21)31(35)36)23-13-15-24(16-14-23)30(20(4)6-2)28(34)22-10-8-12-26(18-22)32(37)38/h7-20H,5-6H2,1-4H3/t19-,20+. The van der Waals surface area contributed by atoms with Gasteiger partial charge in [0.1, 0.15) is 0 Å². The summed E-state index contributed by atoms with van der Waals surface area (Å²) >= 11 is 0. The van der Waals surface area contributed by atoms with Crippen LogP contribution < -0.4 is 9.80 Å². The predicted octanol–water partition coefficient (Wildman–Crippen LogP) is 6.39. The summed E-state index contributed by atoms with van der Waals surface area (Å²) < 4.78 is 0. The first-order valence-electron chi connectivity index (χ1n) is 12.3. The molecule has 0 N–H and O–H groups in total. The second-order valence-corrected chi connectivity index (χ2v) is 9.00. The van der Waals surface area contributed by atoms with Crippen LogP contribution in [0.15, 0.2) is 72.8 Å². The molecule has 0 saturated heterocycles. The van der Waals surface area contributed by atoms with Crippen LogP contribution in [0.3, 0.4) is 0 Å². The molecule has 0 fully saturated rings. The largest absolute Gasteiger partial charge is 0.306 e. The van der Waals surface area contributed by atoms with Gasteiger partial charge < -0.3 is 9.80 Å². The van der Waals surface area contributed by atoms with Gasteiger partial charge in [-0.15, -0.1) is 0 Å². The fraction of sp³-hybridized carbons (Fsp3) is 0.286. The first-order valence-corrected chi connectivity index (χ1v) is 12.3. The van der Waals surface area contributed by atoms with Crippen molar-refractivity contribution in [2.75, 3.05) is 9.80 Å². The monoisotopic (exact) mass is 518 g/mol. The van der Waals surface area contributed by atoms with E-state index in [2.05, 4.69) is 0 Å². The van der Waals surface area contributed by atoms with Gasteiger partial charge in [0.05, 0.1) is 9.85 Å². The second kappa shape index (κ2) is 12.1. The number of amides is 2. The molecule has 0 saturated carbocycles. The molecule has 3 aromatic carbocycles.